The number of aromatic amines is 1. The number of nitrogens with one attached hydrogen (secondary N) is 1. The van der Waals surface area contributed by atoms with Crippen molar-refractivity contribution in [3.63, 3.8) is 0 Å². The highest BCUT2D eigenvalue weighted by Crippen LogP contribution is 2.41. The fraction of sp³-hybridized carbons (Fsp3) is 0.400. The standard InChI is InChI=1S/C15H16N4O4S/c1-20-11-5-9(6-12-13(11)23-8-22-12)7-16-19-14(17-18-15(19)24)10-3-2-4-21-10/h5-7,10H,2-4,8H2,1H3,(H,18,24)/b16-7-/t10-/m1/s1. The van der Waals surface area contributed by atoms with Crippen molar-refractivity contribution in [2.45, 2.75) is 18.9 Å². The van der Waals surface area contributed by atoms with Crippen molar-refractivity contribution < 1.29 is 18.9 Å². The molecule has 0 saturated carbocycles. The van der Waals surface area contributed by atoms with Crippen LogP contribution >= 0.6 is 12.2 Å². The Balaban J connectivity index is 1.66. The van der Waals surface area contributed by atoms with Gasteiger partial charge in [0.25, 0.3) is 0 Å². The Morgan fingerprint density at radius 1 is 1.46 bits per heavy atom. The third-order valence-corrected chi connectivity index (χ3v) is 4.16. The number of rotatable bonds is 4. The zero-order valence-electron chi connectivity index (χ0n) is 13.0. The average Bonchev–Trinajstić information content (AvgIpc) is 3.32. The Hall–Kier alpha value is -2.39. The van der Waals surface area contributed by atoms with Gasteiger partial charge in [-0.15, -0.1) is 0 Å². The van der Waals surface area contributed by atoms with Gasteiger partial charge >= 0.3 is 0 Å². The van der Waals surface area contributed by atoms with Crippen molar-refractivity contribution in [2.75, 3.05) is 20.5 Å². The van der Waals surface area contributed by atoms with Crippen LogP contribution in [0.25, 0.3) is 0 Å². The molecule has 0 radical (unpaired) electrons. The molecule has 0 aliphatic carbocycles. The first kappa shape index (κ1) is 15.2. The van der Waals surface area contributed by atoms with Gasteiger partial charge in [-0.2, -0.15) is 14.9 Å². The van der Waals surface area contributed by atoms with Crippen molar-refractivity contribution in [3.05, 3.63) is 28.3 Å². The molecule has 8 nitrogen and oxygen atoms in total. The van der Waals surface area contributed by atoms with Gasteiger partial charge in [-0.1, -0.05) is 0 Å². The Kier molecular flexibility index (Phi) is 3.95. The minimum Gasteiger partial charge on any atom is -0.493 e. The van der Waals surface area contributed by atoms with Gasteiger partial charge in [0.2, 0.25) is 17.3 Å². The lowest BCUT2D eigenvalue weighted by molar-refractivity contribution is 0.102. The highest BCUT2D eigenvalue weighted by Gasteiger charge is 2.24. The molecule has 3 heterocycles. The van der Waals surface area contributed by atoms with Gasteiger partial charge in [-0.3, -0.25) is 5.10 Å². The molecule has 4 rings (SSSR count). The van der Waals surface area contributed by atoms with Crippen LogP contribution in [-0.4, -0.2) is 41.6 Å². The predicted octanol–water partition coefficient (Wildman–Crippen LogP) is 2.41. The Morgan fingerprint density at radius 2 is 2.38 bits per heavy atom. The molecule has 2 aliphatic rings. The second-order valence-corrected chi connectivity index (χ2v) is 5.79. The lowest BCUT2D eigenvalue weighted by Crippen LogP contribution is -2.05. The van der Waals surface area contributed by atoms with E-state index >= 15 is 0 Å². The first-order chi connectivity index (χ1) is 11.8. The number of methoxy groups -OCH3 is 1. The number of hydrogen-bond acceptors (Lipinski definition) is 7. The summed E-state index contributed by atoms with van der Waals surface area (Å²) in [7, 11) is 1.58. The molecule has 1 N–H and O–H groups in total. The maximum absolute atomic E-state index is 5.66. The van der Waals surface area contributed by atoms with Gasteiger partial charge < -0.3 is 18.9 Å². The largest absolute Gasteiger partial charge is 0.493 e. The zero-order chi connectivity index (χ0) is 16.5. The number of nitrogens with zero attached hydrogens (tertiary/aromatic N) is 3. The maximum atomic E-state index is 5.66. The van der Waals surface area contributed by atoms with Gasteiger partial charge in [-0.05, 0) is 37.2 Å². The Bertz CT molecular complexity index is 838. The molecule has 1 aromatic carbocycles. The molecule has 2 aromatic rings. The summed E-state index contributed by atoms with van der Waals surface area (Å²) < 4.78 is 23.8. The maximum Gasteiger partial charge on any atom is 0.231 e. The third kappa shape index (κ3) is 2.65. The molecule has 2 aliphatic heterocycles. The third-order valence-electron chi connectivity index (χ3n) is 3.90. The van der Waals surface area contributed by atoms with Crippen LogP contribution in [0.2, 0.25) is 0 Å². The number of aromatic nitrogens is 3. The normalized spacial score (nSPS) is 19.3. The van der Waals surface area contributed by atoms with Crippen LogP contribution in [0.5, 0.6) is 17.2 Å². The number of H-pyrrole nitrogens is 1. The molecule has 1 saturated heterocycles. The Morgan fingerprint density at radius 3 is 3.17 bits per heavy atom. The van der Waals surface area contributed by atoms with E-state index in [-0.39, 0.29) is 12.9 Å². The minimum atomic E-state index is -0.0820. The molecule has 1 atom stereocenters. The van der Waals surface area contributed by atoms with Gasteiger partial charge in [0, 0.05) is 12.2 Å². The molecule has 0 bridgehead atoms. The van der Waals surface area contributed by atoms with Crippen LogP contribution in [0.3, 0.4) is 0 Å². The second kappa shape index (κ2) is 6.25. The monoisotopic (exact) mass is 348 g/mol. The van der Waals surface area contributed by atoms with Crippen molar-refractivity contribution in [3.8, 4) is 17.2 Å². The molecular weight excluding hydrogens is 332 g/mol. The highest BCUT2D eigenvalue weighted by molar-refractivity contribution is 7.71. The van der Waals surface area contributed by atoms with E-state index < -0.39 is 0 Å². The van der Waals surface area contributed by atoms with Gasteiger partial charge in [0.1, 0.15) is 6.10 Å². The highest BCUT2D eigenvalue weighted by atomic mass is 32.1. The Labute approximate surface area is 143 Å². The summed E-state index contributed by atoms with van der Waals surface area (Å²) in [4.78, 5) is 0. The molecule has 126 valence electrons. The molecule has 1 fully saturated rings. The zero-order valence-corrected chi connectivity index (χ0v) is 13.8. The van der Waals surface area contributed by atoms with Gasteiger partial charge in [0.15, 0.2) is 17.3 Å². The predicted molar refractivity (Wildman–Crippen MR) is 87.4 cm³/mol. The van der Waals surface area contributed by atoms with E-state index in [2.05, 4.69) is 15.3 Å². The van der Waals surface area contributed by atoms with E-state index in [1.807, 2.05) is 12.1 Å². The van der Waals surface area contributed by atoms with Crippen LogP contribution in [0.1, 0.15) is 30.3 Å². The van der Waals surface area contributed by atoms with Crippen LogP contribution < -0.4 is 14.2 Å². The summed E-state index contributed by atoms with van der Waals surface area (Å²) >= 11 is 5.26. The second-order valence-electron chi connectivity index (χ2n) is 5.40. The van der Waals surface area contributed by atoms with Crippen LogP contribution in [0.15, 0.2) is 17.2 Å². The van der Waals surface area contributed by atoms with Crippen molar-refractivity contribution >= 4 is 18.4 Å². The van der Waals surface area contributed by atoms with E-state index in [4.69, 9.17) is 31.2 Å². The summed E-state index contributed by atoms with van der Waals surface area (Å²) in [6.07, 6.45) is 3.51. The average molecular weight is 348 g/mol. The first-order valence-electron chi connectivity index (χ1n) is 7.57. The van der Waals surface area contributed by atoms with Crippen molar-refractivity contribution in [2.24, 2.45) is 5.10 Å². The molecular formula is C15H16N4O4S. The van der Waals surface area contributed by atoms with Crippen LogP contribution in [0.4, 0.5) is 0 Å². The molecule has 1 aromatic heterocycles. The first-order valence-corrected chi connectivity index (χ1v) is 7.98. The summed E-state index contributed by atoms with van der Waals surface area (Å²) in [5.41, 5.74) is 0.803. The summed E-state index contributed by atoms with van der Waals surface area (Å²) in [5.74, 6) is 2.52. The fourth-order valence-electron chi connectivity index (χ4n) is 2.75. The smallest absolute Gasteiger partial charge is 0.231 e. The minimum absolute atomic E-state index is 0.0820. The quantitative estimate of drug-likeness (QED) is 0.675. The van der Waals surface area contributed by atoms with E-state index in [0.29, 0.717) is 27.8 Å². The van der Waals surface area contributed by atoms with Gasteiger partial charge in [0.05, 0.1) is 13.3 Å². The molecule has 0 amide bonds. The molecule has 9 heteroatoms. The number of fused-ring (bicyclic) bond motifs is 1. The summed E-state index contributed by atoms with van der Waals surface area (Å²) in [6, 6.07) is 3.66. The lowest BCUT2D eigenvalue weighted by Gasteiger charge is -2.08. The molecule has 0 unspecified atom stereocenters. The van der Waals surface area contributed by atoms with Crippen LogP contribution in [0, 0.1) is 4.77 Å². The lowest BCUT2D eigenvalue weighted by atomic mass is 10.2. The molecule has 0 spiro atoms. The summed E-state index contributed by atoms with van der Waals surface area (Å²) in [6.45, 7) is 0.912. The van der Waals surface area contributed by atoms with Crippen molar-refractivity contribution in [1.82, 2.24) is 14.9 Å². The molecule has 24 heavy (non-hydrogen) atoms. The summed E-state index contributed by atoms with van der Waals surface area (Å²) in [5, 5.41) is 11.4. The number of ether oxygens (including phenoxy) is 4. The van der Waals surface area contributed by atoms with E-state index in [1.165, 1.54) is 0 Å². The van der Waals surface area contributed by atoms with E-state index in [1.54, 1.807) is 18.0 Å². The topological polar surface area (TPSA) is 82.9 Å². The van der Waals surface area contributed by atoms with Crippen molar-refractivity contribution in [1.29, 1.82) is 0 Å². The van der Waals surface area contributed by atoms with Crippen LogP contribution in [-0.2, 0) is 4.74 Å². The van der Waals surface area contributed by atoms with E-state index in [9.17, 15) is 0 Å². The van der Waals surface area contributed by atoms with E-state index in [0.717, 1.165) is 25.0 Å². The number of benzene rings is 1. The van der Waals surface area contributed by atoms with Gasteiger partial charge in [-0.25, -0.2) is 0 Å². The SMILES string of the molecule is COc1cc(/C=N\n2c([C@H]3CCCO3)n[nH]c2=S)cc2c1OCO2. The fourth-order valence-corrected chi connectivity index (χ4v) is 2.94. The number of hydrogen-bond donors (Lipinski definition) is 1.